The van der Waals surface area contributed by atoms with Crippen LogP contribution in [0.15, 0.2) is 42.5 Å². The largest absolute Gasteiger partial charge is 0.482 e. The molecule has 0 aliphatic carbocycles. The van der Waals surface area contributed by atoms with Crippen LogP contribution >= 0.6 is 0 Å². The van der Waals surface area contributed by atoms with Crippen molar-refractivity contribution in [3.8, 4) is 5.75 Å². The van der Waals surface area contributed by atoms with Gasteiger partial charge in [0.2, 0.25) is 0 Å². The SMILES string of the molecule is Cc1ccc(NC(=O)COC(=O)COc2ccccc2C(C)C)c(C)c1. The summed E-state index contributed by atoms with van der Waals surface area (Å²) >= 11 is 0. The van der Waals surface area contributed by atoms with Gasteiger partial charge in [0.1, 0.15) is 5.75 Å². The Kier molecular flexibility index (Phi) is 6.78. The third kappa shape index (κ3) is 5.62. The Morgan fingerprint density at radius 3 is 2.46 bits per heavy atom. The summed E-state index contributed by atoms with van der Waals surface area (Å²) in [5.41, 5.74) is 3.80. The number of ether oxygens (including phenoxy) is 2. The van der Waals surface area contributed by atoms with Gasteiger partial charge in [-0.05, 0) is 43.0 Å². The van der Waals surface area contributed by atoms with Crippen LogP contribution in [0.5, 0.6) is 5.75 Å². The minimum atomic E-state index is -0.584. The van der Waals surface area contributed by atoms with Crippen LogP contribution in [0.4, 0.5) is 5.69 Å². The van der Waals surface area contributed by atoms with E-state index < -0.39 is 5.97 Å². The van der Waals surface area contributed by atoms with Crippen LogP contribution in [0.2, 0.25) is 0 Å². The molecule has 1 amide bonds. The standard InChI is InChI=1S/C21H25NO4/c1-14(2)17-7-5-6-8-19(17)25-13-21(24)26-12-20(23)22-18-10-9-15(3)11-16(18)4/h5-11,14H,12-13H2,1-4H3,(H,22,23). The lowest BCUT2D eigenvalue weighted by atomic mass is 10.0. The summed E-state index contributed by atoms with van der Waals surface area (Å²) in [7, 11) is 0. The van der Waals surface area contributed by atoms with E-state index in [0.717, 1.165) is 16.7 Å². The normalized spacial score (nSPS) is 10.5. The molecule has 5 heteroatoms. The van der Waals surface area contributed by atoms with E-state index in [4.69, 9.17) is 9.47 Å². The lowest BCUT2D eigenvalue weighted by Gasteiger charge is -2.13. The highest BCUT2D eigenvalue weighted by Crippen LogP contribution is 2.25. The summed E-state index contributed by atoms with van der Waals surface area (Å²) in [6, 6.07) is 13.3. The summed E-state index contributed by atoms with van der Waals surface area (Å²) in [6.07, 6.45) is 0. The second kappa shape index (κ2) is 9.04. The number of nitrogens with one attached hydrogen (secondary N) is 1. The summed E-state index contributed by atoms with van der Waals surface area (Å²) in [5.74, 6) is -0.0304. The molecule has 0 fully saturated rings. The molecule has 2 aromatic carbocycles. The van der Waals surface area contributed by atoms with E-state index in [2.05, 4.69) is 19.2 Å². The number of esters is 1. The molecule has 2 aromatic rings. The second-order valence-electron chi connectivity index (χ2n) is 6.51. The molecule has 0 saturated heterocycles. The Labute approximate surface area is 154 Å². The van der Waals surface area contributed by atoms with Gasteiger partial charge in [-0.1, -0.05) is 49.7 Å². The Morgan fingerprint density at radius 2 is 1.77 bits per heavy atom. The van der Waals surface area contributed by atoms with Crippen molar-refractivity contribution < 1.29 is 19.1 Å². The first-order valence-electron chi connectivity index (χ1n) is 8.61. The van der Waals surface area contributed by atoms with Gasteiger partial charge in [0.25, 0.3) is 5.91 Å². The van der Waals surface area contributed by atoms with Gasteiger partial charge in [-0.15, -0.1) is 0 Å². The maximum Gasteiger partial charge on any atom is 0.344 e. The highest BCUT2D eigenvalue weighted by atomic mass is 16.6. The Balaban J connectivity index is 1.81. The topological polar surface area (TPSA) is 64.6 Å². The number of benzene rings is 2. The van der Waals surface area contributed by atoms with Crippen molar-refractivity contribution in [3.05, 3.63) is 59.2 Å². The van der Waals surface area contributed by atoms with E-state index in [-0.39, 0.29) is 25.0 Å². The van der Waals surface area contributed by atoms with Crippen molar-refractivity contribution in [2.24, 2.45) is 0 Å². The van der Waals surface area contributed by atoms with Gasteiger partial charge in [-0.25, -0.2) is 4.79 Å². The first kappa shape index (κ1) is 19.5. The van der Waals surface area contributed by atoms with E-state index in [1.54, 1.807) is 0 Å². The average Bonchev–Trinajstić information content (AvgIpc) is 2.60. The van der Waals surface area contributed by atoms with E-state index in [1.807, 2.05) is 56.3 Å². The number of para-hydroxylation sites is 1. The van der Waals surface area contributed by atoms with Crippen LogP contribution in [0.25, 0.3) is 0 Å². The number of carbonyl (C=O) groups is 2. The zero-order chi connectivity index (χ0) is 19.1. The molecule has 26 heavy (non-hydrogen) atoms. The second-order valence-corrected chi connectivity index (χ2v) is 6.51. The van der Waals surface area contributed by atoms with Crippen molar-refractivity contribution in [2.45, 2.75) is 33.6 Å². The third-order valence-electron chi connectivity index (χ3n) is 3.91. The molecule has 0 heterocycles. The van der Waals surface area contributed by atoms with Crippen LogP contribution in [-0.2, 0) is 14.3 Å². The molecule has 0 bridgehead atoms. The molecule has 0 radical (unpaired) electrons. The van der Waals surface area contributed by atoms with Crippen molar-refractivity contribution in [1.29, 1.82) is 0 Å². The first-order valence-corrected chi connectivity index (χ1v) is 8.61. The van der Waals surface area contributed by atoms with Gasteiger partial charge in [0.05, 0.1) is 0 Å². The van der Waals surface area contributed by atoms with E-state index in [1.165, 1.54) is 0 Å². The average molecular weight is 355 g/mol. The van der Waals surface area contributed by atoms with Crippen LogP contribution in [0, 0.1) is 13.8 Å². The molecule has 0 aromatic heterocycles. The molecule has 0 atom stereocenters. The molecule has 1 N–H and O–H groups in total. The van der Waals surface area contributed by atoms with Gasteiger partial charge in [0, 0.05) is 5.69 Å². The summed E-state index contributed by atoms with van der Waals surface area (Å²) in [4.78, 5) is 23.8. The third-order valence-corrected chi connectivity index (χ3v) is 3.91. The molecule has 138 valence electrons. The number of hydrogen-bond donors (Lipinski definition) is 1. The minimum absolute atomic E-state index is 0.236. The Morgan fingerprint density at radius 1 is 1.04 bits per heavy atom. The smallest absolute Gasteiger partial charge is 0.344 e. The summed E-state index contributed by atoms with van der Waals surface area (Å²) in [6.45, 7) is 7.42. The van der Waals surface area contributed by atoms with Crippen LogP contribution in [0.3, 0.4) is 0 Å². The van der Waals surface area contributed by atoms with Crippen LogP contribution < -0.4 is 10.1 Å². The molecule has 0 saturated carbocycles. The lowest BCUT2D eigenvalue weighted by Crippen LogP contribution is -2.24. The number of anilines is 1. The van der Waals surface area contributed by atoms with Gasteiger partial charge < -0.3 is 14.8 Å². The van der Waals surface area contributed by atoms with E-state index in [9.17, 15) is 9.59 Å². The molecule has 2 rings (SSSR count). The fourth-order valence-corrected chi connectivity index (χ4v) is 2.55. The molecule has 0 spiro atoms. The fraction of sp³-hybridized carbons (Fsp3) is 0.333. The van der Waals surface area contributed by atoms with Crippen LogP contribution in [-0.4, -0.2) is 25.1 Å². The quantitative estimate of drug-likeness (QED) is 0.763. The molecule has 0 aliphatic heterocycles. The first-order chi connectivity index (χ1) is 12.4. The Bertz CT molecular complexity index is 783. The van der Waals surface area contributed by atoms with Gasteiger partial charge >= 0.3 is 5.97 Å². The number of aryl methyl sites for hydroxylation is 2. The van der Waals surface area contributed by atoms with Crippen molar-refractivity contribution in [2.75, 3.05) is 18.5 Å². The molecular weight excluding hydrogens is 330 g/mol. The van der Waals surface area contributed by atoms with Gasteiger partial charge in [-0.2, -0.15) is 0 Å². The molecule has 5 nitrogen and oxygen atoms in total. The van der Waals surface area contributed by atoms with E-state index >= 15 is 0 Å². The molecular formula is C21H25NO4. The number of amides is 1. The summed E-state index contributed by atoms with van der Waals surface area (Å²) in [5, 5.41) is 2.73. The van der Waals surface area contributed by atoms with Crippen molar-refractivity contribution in [1.82, 2.24) is 0 Å². The monoisotopic (exact) mass is 355 g/mol. The maximum absolute atomic E-state index is 11.9. The predicted octanol–water partition coefficient (Wildman–Crippen LogP) is 3.99. The van der Waals surface area contributed by atoms with Gasteiger partial charge in [0.15, 0.2) is 13.2 Å². The van der Waals surface area contributed by atoms with Crippen molar-refractivity contribution >= 4 is 17.6 Å². The number of rotatable bonds is 7. The van der Waals surface area contributed by atoms with Crippen molar-refractivity contribution in [3.63, 3.8) is 0 Å². The fourth-order valence-electron chi connectivity index (χ4n) is 2.55. The highest BCUT2D eigenvalue weighted by molar-refractivity contribution is 5.93. The summed E-state index contributed by atoms with van der Waals surface area (Å²) < 4.78 is 10.5. The Hall–Kier alpha value is -2.82. The highest BCUT2D eigenvalue weighted by Gasteiger charge is 2.12. The zero-order valence-electron chi connectivity index (χ0n) is 15.7. The number of carbonyl (C=O) groups excluding carboxylic acids is 2. The zero-order valence-corrected chi connectivity index (χ0v) is 15.7. The molecule has 0 aliphatic rings. The number of hydrogen-bond acceptors (Lipinski definition) is 4. The predicted molar refractivity (Wildman–Crippen MR) is 102 cm³/mol. The maximum atomic E-state index is 11.9. The van der Waals surface area contributed by atoms with Crippen LogP contribution in [0.1, 0.15) is 36.5 Å². The van der Waals surface area contributed by atoms with E-state index in [0.29, 0.717) is 11.4 Å². The van der Waals surface area contributed by atoms with Gasteiger partial charge in [-0.3, -0.25) is 4.79 Å². The molecule has 0 unspecified atom stereocenters. The minimum Gasteiger partial charge on any atom is -0.482 e. The lowest BCUT2D eigenvalue weighted by molar-refractivity contribution is -0.149.